The second-order valence-electron chi connectivity index (χ2n) is 7.34. The minimum Gasteiger partial charge on any atom is -0.480 e. The van der Waals surface area contributed by atoms with Crippen molar-refractivity contribution in [3.8, 4) is 0 Å². The Bertz CT molecular complexity index is 615. The molecule has 0 aliphatic heterocycles. The van der Waals surface area contributed by atoms with Gasteiger partial charge in [-0.1, -0.05) is 32.9 Å². The maximum Gasteiger partial charge on any atom is 0.323 e. The Kier molecular flexibility index (Phi) is 7.15. The molecule has 0 fully saturated rings. The summed E-state index contributed by atoms with van der Waals surface area (Å²) in [6.45, 7) is 9.66. The van der Waals surface area contributed by atoms with E-state index in [2.05, 4.69) is 26.1 Å². The Morgan fingerprint density at radius 3 is 2.12 bits per heavy atom. The first kappa shape index (κ1) is 20.7. The zero-order valence-corrected chi connectivity index (χ0v) is 15.6. The number of benzene rings is 1. The van der Waals surface area contributed by atoms with Gasteiger partial charge < -0.3 is 15.3 Å². The van der Waals surface area contributed by atoms with E-state index >= 15 is 0 Å². The average molecular weight is 348 g/mol. The van der Waals surface area contributed by atoms with Crippen LogP contribution in [0.4, 0.5) is 0 Å². The molecule has 0 spiro atoms. The second-order valence-corrected chi connectivity index (χ2v) is 7.34. The highest BCUT2D eigenvalue weighted by Crippen LogP contribution is 2.22. The van der Waals surface area contributed by atoms with Crippen molar-refractivity contribution in [3.05, 3.63) is 35.4 Å². The van der Waals surface area contributed by atoms with Crippen molar-refractivity contribution in [1.29, 1.82) is 0 Å². The number of carboxylic acids is 1. The molecule has 0 heterocycles. The highest BCUT2D eigenvalue weighted by molar-refractivity contribution is 5.94. The van der Waals surface area contributed by atoms with Gasteiger partial charge in [-0.2, -0.15) is 0 Å². The maximum absolute atomic E-state index is 12.1. The van der Waals surface area contributed by atoms with Crippen LogP contribution in [0.15, 0.2) is 24.3 Å². The van der Waals surface area contributed by atoms with Crippen molar-refractivity contribution in [1.82, 2.24) is 10.2 Å². The van der Waals surface area contributed by atoms with Gasteiger partial charge in [-0.3, -0.25) is 14.4 Å². The molecule has 0 atom stereocenters. The number of nitrogens with zero attached hydrogens (tertiary/aromatic N) is 1. The van der Waals surface area contributed by atoms with E-state index in [4.69, 9.17) is 5.11 Å². The standard InChI is InChI=1S/C19H28N2O4/c1-13(2)21(12-17(23)24)16(22)10-11-20-18(25)14-6-8-15(9-7-14)19(3,4)5/h6-9,13H,10-12H2,1-5H3,(H,20,25)(H,23,24). The van der Waals surface area contributed by atoms with Crippen molar-refractivity contribution in [3.63, 3.8) is 0 Å². The molecule has 138 valence electrons. The van der Waals surface area contributed by atoms with Crippen LogP contribution in [0.2, 0.25) is 0 Å². The zero-order chi connectivity index (χ0) is 19.2. The van der Waals surface area contributed by atoms with Gasteiger partial charge in [0.05, 0.1) is 0 Å². The number of carbonyl (C=O) groups is 3. The van der Waals surface area contributed by atoms with Crippen LogP contribution < -0.4 is 5.32 Å². The van der Waals surface area contributed by atoms with Gasteiger partial charge in [0.1, 0.15) is 6.54 Å². The summed E-state index contributed by atoms with van der Waals surface area (Å²) < 4.78 is 0. The second kappa shape index (κ2) is 8.65. The quantitative estimate of drug-likeness (QED) is 0.792. The van der Waals surface area contributed by atoms with Gasteiger partial charge in [-0.25, -0.2) is 0 Å². The molecule has 1 aromatic carbocycles. The van der Waals surface area contributed by atoms with Crippen LogP contribution in [0.1, 0.15) is 57.0 Å². The Morgan fingerprint density at radius 2 is 1.68 bits per heavy atom. The van der Waals surface area contributed by atoms with E-state index in [0.717, 1.165) is 5.56 Å². The van der Waals surface area contributed by atoms with E-state index in [-0.39, 0.29) is 42.8 Å². The molecular weight excluding hydrogens is 320 g/mol. The van der Waals surface area contributed by atoms with E-state index in [9.17, 15) is 14.4 Å². The minimum atomic E-state index is -1.05. The predicted octanol–water partition coefficient (Wildman–Crippen LogP) is 2.43. The molecule has 25 heavy (non-hydrogen) atoms. The molecular formula is C19H28N2O4. The summed E-state index contributed by atoms with van der Waals surface area (Å²) in [5.41, 5.74) is 1.69. The SMILES string of the molecule is CC(C)N(CC(=O)O)C(=O)CCNC(=O)c1ccc(C(C)(C)C)cc1. The van der Waals surface area contributed by atoms with Crippen molar-refractivity contribution in [2.75, 3.05) is 13.1 Å². The number of hydrogen-bond acceptors (Lipinski definition) is 3. The van der Waals surface area contributed by atoms with E-state index in [1.54, 1.807) is 26.0 Å². The largest absolute Gasteiger partial charge is 0.480 e. The van der Waals surface area contributed by atoms with Crippen molar-refractivity contribution in [2.24, 2.45) is 0 Å². The number of nitrogens with one attached hydrogen (secondary N) is 1. The third-order valence-corrected chi connectivity index (χ3v) is 3.89. The van der Waals surface area contributed by atoms with Crippen LogP contribution >= 0.6 is 0 Å². The van der Waals surface area contributed by atoms with E-state index in [1.807, 2.05) is 12.1 Å². The first-order valence-corrected chi connectivity index (χ1v) is 8.42. The van der Waals surface area contributed by atoms with E-state index in [1.165, 1.54) is 4.90 Å². The number of carboxylic acid groups (broad SMARTS) is 1. The normalized spacial score (nSPS) is 11.3. The zero-order valence-electron chi connectivity index (χ0n) is 15.6. The Hall–Kier alpha value is -2.37. The number of aliphatic carboxylic acids is 1. The molecule has 0 aromatic heterocycles. The third kappa shape index (κ3) is 6.57. The van der Waals surface area contributed by atoms with Crippen molar-refractivity contribution >= 4 is 17.8 Å². The molecule has 1 aromatic rings. The fourth-order valence-electron chi connectivity index (χ4n) is 2.35. The first-order chi connectivity index (χ1) is 11.5. The Morgan fingerprint density at radius 1 is 1.12 bits per heavy atom. The van der Waals surface area contributed by atoms with Gasteiger partial charge in [0, 0.05) is 24.6 Å². The summed E-state index contributed by atoms with van der Waals surface area (Å²) in [4.78, 5) is 36.3. The molecule has 0 radical (unpaired) electrons. The van der Waals surface area contributed by atoms with Crippen LogP contribution in [0.3, 0.4) is 0 Å². The van der Waals surface area contributed by atoms with E-state index in [0.29, 0.717) is 5.56 Å². The molecule has 6 nitrogen and oxygen atoms in total. The Balaban J connectivity index is 2.56. The fraction of sp³-hybridized carbons (Fsp3) is 0.526. The highest BCUT2D eigenvalue weighted by Gasteiger charge is 2.20. The summed E-state index contributed by atoms with van der Waals surface area (Å²) in [7, 11) is 0. The molecule has 0 bridgehead atoms. The third-order valence-electron chi connectivity index (χ3n) is 3.89. The molecule has 1 rings (SSSR count). The molecule has 0 saturated carbocycles. The van der Waals surface area contributed by atoms with Gasteiger partial charge >= 0.3 is 5.97 Å². The van der Waals surface area contributed by atoms with Crippen molar-refractivity contribution in [2.45, 2.75) is 52.5 Å². The smallest absolute Gasteiger partial charge is 0.323 e. The van der Waals surface area contributed by atoms with Gasteiger partial charge in [-0.15, -0.1) is 0 Å². The van der Waals surface area contributed by atoms with Crippen LogP contribution in [-0.4, -0.2) is 46.9 Å². The van der Waals surface area contributed by atoms with Gasteiger partial charge in [0.25, 0.3) is 5.91 Å². The minimum absolute atomic E-state index is 0.0197. The van der Waals surface area contributed by atoms with Gasteiger partial charge in [0.15, 0.2) is 0 Å². The average Bonchev–Trinajstić information content (AvgIpc) is 2.51. The van der Waals surface area contributed by atoms with Crippen LogP contribution in [0, 0.1) is 0 Å². The number of carbonyl (C=O) groups excluding carboxylic acids is 2. The highest BCUT2D eigenvalue weighted by atomic mass is 16.4. The lowest BCUT2D eigenvalue weighted by Crippen LogP contribution is -2.42. The molecule has 0 saturated heterocycles. The van der Waals surface area contributed by atoms with E-state index < -0.39 is 5.97 Å². The molecule has 0 unspecified atom stereocenters. The van der Waals surface area contributed by atoms with Gasteiger partial charge in [0.2, 0.25) is 5.91 Å². The predicted molar refractivity (Wildman–Crippen MR) is 96.6 cm³/mol. The molecule has 0 aliphatic rings. The fourth-order valence-corrected chi connectivity index (χ4v) is 2.35. The monoisotopic (exact) mass is 348 g/mol. The summed E-state index contributed by atoms with van der Waals surface area (Å²) in [5.74, 6) is -1.59. The van der Waals surface area contributed by atoms with Crippen LogP contribution in [0.25, 0.3) is 0 Å². The lowest BCUT2D eigenvalue weighted by atomic mass is 9.87. The lowest BCUT2D eigenvalue weighted by molar-refractivity contribution is -0.145. The maximum atomic E-state index is 12.1. The van der Waals surface area contributed by atoms with Gasteiger partial charge in [-0.05, 0) is 37.0 Å². The molecule has 6 heteroatoms. The van der Waals surface area contributed by atoms with Crippen LogP contribution in [-0.2, 0) is 15.0 Å². The summed E-state index contributed by atoms with van der Waals surface area (Å²) in [6, 6.07) is 7.18. The topological polar surface area (TPSA) is 86.7 Å². The first-order valence-electron chi connectivity index (χ1n) is 8.42. The number of amides is 2. The molecule has 2 N–H and O–H groups in total. The lowest BCUT2D eigenvalue weighted by Gasteiger charge is -2.25. The number of rotatable bonds is 7. The summed E-state index contributed by atoms with van der Waals surface area (Å²) in [6.07, 6.45) is 0.0667. The van der Waals surface area contributed by atoms with Crippen molar-refractivity contribution < 1.29 is 19.5 Å². The molecule has 0 aliphatic carbocycles. The summed E-state index contributed by atoms with van der Waals surface area (Å²) in [5, 5.41) is 11.6. The Labute approximate surface area is 149 Å². The van der Waals surface area contributed by atoms with Crippen LogP contribution in [0.5, 0.6) is 0 Å². The molecule has 2 amide bonds. The number of hydrogen-bond donors (Lipinski definition) is 2. The summed E-state index contributed by atoms with van der Waals surface area (Å²) >= 11 is 0.